The molecule has 0 unspecified atom stereocenters. The van der Waals surface area contributed by atoms with Crippen molar-refractivity contribution in [3.8, 4) is 0 Å². The van der Waals surface area contributed by atoms with Crippen molar-refractivity contribution in [2.24, 2.45) is 0 Å². The summed E-state index contributed by atoms with van der Waals surface area (Å²) in [6.07, 6.45) is 1.44. The Morgan fingerprint density at radius 3 is 2.10 bits per heavy atom. The van der Waals surface area contributed by atoms with E-state index < -0.39 is 5.56 Å². The van der Waals surface area contributed by atoms with Crippen molar-refractivity contribution >= 4 is 17.3 Å². The molecule has 0 spiro atoms. The molecule has 0 amide bonds. The van der Waals surface area contributed by atoms with Crippen molar-refractivity contribution in [3.63, 3.8) is 0 Å². The standard InChI is InChI=1S/C16H14N2O3/c1-8(2)18-7-11-12(13(17)16(18)21)15(20)10-6-4-3-5-9(10)14(11)19/h3-8H,17H2,1-2H3. The van der Waals surface area contributed by atoms with E-state index in [0.717, 1.165) is 0 Å². The molecule has 0 saturated heterocycles. The van der Waals surface area contributed by atoms with Crippen LogP contribution in [0, 0.1) is 0 Å². The van der Waals surface area contributed by atoms with Crippen LogP contribution in [-0.4, -0.2) is 16.1 Å². The molecule has 21 heavy (non-hydrogen) atoms. The van der Waals surface area contributed by atoms with Crippen LogP contribution < -0.4 is 11.3 Å². The number of benzene rings is 1. The van der Waals surface area contributed by atoms with E-state index in [1.165, 1.54) is 10.8 Å². The third kappa shape index (κ3) is 1.74. The lowest BCUT2D eigenvalue weighted by atomic mass is 9.84. The summed E-state index contributed by atoms with van der Waals surface area (Å²) in [7, 11) is 0. The summed E-state index contributed by atoms with van der Waals surface area (Å²) in [6, 6.07) is 6.42. The van der Waals surface area contributed by atoms with Crippen molar-refractivity contribution < 1.29 is 9.59 Å². The number of nitrogens with two attached hydrogens (primary N) is 1. The predicted octanol–water partition coefficient (Wildman–Crippen LogP) is 1.79. The summed E-state index contributed by atoms with van der Waals surface area (Å²) >= 11 is 0. The Labute approximate surface area is 121 Å². The number of hydrogen-bond donors (Lipinski definition) is 1. The van der Waals surface area contributed by atoms with Crippen LogP contribution >= 0.6 is 0 Å². The molecule has 2 N–H and O–H groups in total. The van der Waals surface area contributed by atoms with E-state index in [9.17, 15) is 14.4 Å². The zero-order chi connectivity index (χ0) is 15.3. The summed E-state index contributed by atoms with van der Waals surface area (Å²) in [6.45, 7) is 3.63. The van der Waals surface area contributed by atoms with Crippen molar-refractivity contribution in [1.82, 2.24) is 4.57 Å². The van der Waals surface area contributed by atoms with Crippen molar-refractivity contribution in [2.45, 2.75) is 19.9 Å². The molecule has 1 aliphatic rings. The van der Waals surface area contributed by atoms with Gasteiger partial charge in [-0.3, -0.25) is 14.4 Å². The van der Waals surface area contributed by atoms with Crippen LogP contribution in [-0.2, 0) is 0 Å². The quantitative estimate of drug-likeness (QED) is 0.737. The Morgan fingerprint density at radius 2 is 1.52 bits per heavy atom. The average molecular weight is 282 g/mol. The highest BCUT2D eigenvalue weighted by Crippen LogP contribution is 2.29. The van der Waals surface area contributed by atoms with Gasteiger partial charge in [-0.05, 0) is 13.8 Å². The van der Waals surface area contributed by atoms with E-state index in [1.54, 1.807) is 24.3 Å². The molecule has 0 aliphatic heterocycles. The first-order valence-electron chi connectivity index (χ1n) is 6.66. The summed E-state index contributed by atoms with van der Waals surface area (Å²) in [5, 5.41) is 0. The van der Waals surface area contributed by atoms with Gasteiger partial charge >= 0.3 is 0 Å². The lowest BCUT2D eigenvalue weighted by Gasteiger charge is -2.21. The average Bonchev–Trinajstić information content (AvgIpc) is 2.47. The molecular weight excluding hydrogens is 268 g/mol. The van der Waals surface area contributed by atoms with Gasteiger partial charge in [-0.25, -0.2) is 0 Å². The molecule has 2 aromatic rings. The third-order valence-electron chi connectivity index (χ3n) is 3.72. The molecule has 0 fully saturated rings. The monoisotopic (exact) mass is 282 g/mol. The van der Waals surface area contributed by atoms with Gasteiger partial charge in [0.15, 0.2) is 11.6 Å². The van der Waals surface area contributed by atoms with Gasteiger partial charge in [0.05, 0.1) is 11.1 Å². The minimum atomic E-state index is -0.440. The Hall–Kier alpha value is -2.69. The smallest absolute Gasteiger partial charge is 0.274 e. The summed E-state index contributed by atoms with van der Waals surface area (Å²) in [4.78, 5) is 37.3. The fraction of sp³-hybridized carbons (Fsp3) is 0.188. The van der Waals surface area contributed by atoms with Gasteiger partial charge in [0.25, 0.3) is 5.56 Å². The first-order valence-corrected chi connectivity index (χ1v) is 6.66. The number of anilines is 1. The first kappa shape index (κ1) is 13.3. The van der Waals surface area contributed by atoms with Gasteiger partial charge in [-0.1, -0.05) is 24.3 Å². The SMILES string of the molecule is CC(C)n1cc2c(c(N)c1=O)C(=O)c1ccccc1C2=O. The molecule has 1 heterocycles. The number of carbonyl (C=O) groups is 2. The van der Waals surface area contributed by atoms with E-state index in [1.807, 2.05) is 13.8 Å². The zero-order valence-corrected chi connectivity index (χ0v) is 11.7. The largest absolute Gasteiger partial charge is 0.394 e. The first-order chi connectivity index (χ1) is 9.93. The molecule has 3 rings (SSSR count). The predicted molar refractivity (Wildman–Crippen MR) is 78.8 cm³/mol. The van der Waals surface area contributed by atoms with Crippen LogP contribution in [0.25, 0.3) is 0 Å². The van der Waals surface area contributed by atoms with Gasteiger partial charge in [0.1, 0.15) is 5.69 Å². The van der Waals surface area contributed by atoms with Crippen molar-refractivity contribution in [3.05, 3.63) is 63.1 Å². The van der Waals surface area contributed by atoms with Crippen LogP contribution in [0.15, 0.2) is 35.3 Å². The number of rotatable bonds is 1. The third-order valence-corrected chi connectivity index (χ3v) is 3.72. The summed E-state index contributed by atoms with van der Waals surface area (Å²) in [5.74, 6) is -0.646. The van der Waals surface area contributed by atoms with Gasteiger partial charge in [-0.15, -0.1) is 0 Å². The minimum Gasteiger partial charge on any atom is -0.394 e. The van der Waals surface area contributed by atoms with Crippen LogP contribution in [0.3, 0.4) is 0 Å². The topological polar surface area (TPSA) is 82.2 Å². The summed E-state index contributed by atoms with van der Waals surface area (Å²) < 4.78 is 1.38. The van der Waals surface area contributed by atoms with Gasteiger partial charge in [0.2, 0.25) is 0 Å². The normalized spacial score (nSPS) is 13.3. The number of nitrogens with zero attached hydrogens (tertiary/aromatic N) is 1. The van der Waals surface area contributed by atoms with Crippen LogP contribution in [0.1, 0.15) is 51.7 Å². The lowest BCUT2D eigenvalue weighted by molar-refractivity contribution is 0.0978. The number of aromatic nitrogens is 1. The summed E-state index contributed by atoms with van der Waals surface area (Å²) in [5.41, 5.74) is 6.12. The molecule has 106 valence electrons. The van der Waals surface area contributed by atoms with E-state index in [4.69, 9.17) is 5.73 Å². The van der Waals surface area contributed by atoms with Gasteiger partial charge in [0, 0.05) is 23.4 Å². The Balaban J connectivity index is 2.39. The molecule has 0 radical (unpaired) electrons. The maximum atomic E-state index is 12.6. The van der Waals surface area contributed by atoms with Crippen LogP contribution in [0.4, 0.5) is 5.69 Å². The van der Waals surface area contributed by atoms with Crippen LogP contribution in [0.2, 0.25) is 0 Å². The molecule has 5 heteroatoms. The molecule has 1 aromatic heterocycles. The molecule has 1 aromatic carbocycles. The number of pyridine rings is 1. The highest BCUT2D eigenvalue weighted by molar-refractivity contribution is 6.29. The Morgan fingerprint density at radius 1 is 0.952 bits per heavy atom. The Bertz CT molecular complexity index is 847. The highest BCUT2D eigenvalue weighted by atomic mass is 16.1. The molecule has 1 aliphatic carbocycles. The molecule has 5 nitrogen and oxygen atoms in total. The molecular formula is C16H14N2O3. The zero-order valence-electron chi connectivity index (χ0n) is 11.7. The van der Waals surface area contributed by atoms with E-state index in [2.05, 4.69) is 0 Å². The maximum absolute atomic E-state index is 12.6. The fourth-order valence-electron chi connectivity index (χ4n) is 2.61. The molecule has 0 atom stereocenters. The molecule has 0 bridgehead atoms. The second-order valence-corrected chi connectivity index (χ2v) is 5.34. The number of nitrogen functional groups attached to an aromatic ring is 1. The van der Waals surface area contributed by atoms with Gasteiger partial charge < -0.3 is 10.3 Å². The number of hydrogen-bond acceptors (Lipinski definition) is 4. The second kappa shape index (κ2) is 4.41. The van der Waals surface area contributed by atoms with E-state index >= 15 is 0 Å². The fourth-order valence-corrected chi connectivity index (χ4v) is 2.61. The van der Waals surface area contributed by atoms with E-state index in [-0.39, 0.29) is 34.4 Å². The minimum absolute atomic E-state index is 0.0283. The maximum Gasteiger partial charge on any atom is 0.274 e. The van der Waals surface area contributed by atoms with Crippen molar-refractivity contribution in [1.29, 1.82) is 0 Å². The van der Waals surface area contributed by atoms with E-state index in [0.29, 0.717) is 11.1 Å². The number of ketones is 2. The second-order valence-electron chi connectivity index (χ2n) is 5.34. The molecule has 0 saturated carbocycles. The Kier molecular flexibility index (Phi) is 2.79. The van der Waals surface area contributed by atoms with Crippen molar-refractivity contribution in [2.75, 3.05) is 5.73 Å². The number of carbonyl (C=O) groups excluding carboxylic acids is 2. The highest BCUT2D eigenvalue weighted by Gasteiger charge is 2.33. The lowest BCUT2D eigenvalue weighted by Crippen LogP contribution is -2.32. The van der Waals surface area contributed by atoms with Crippen LogP contribution in [0.5, 0.6) is 0 Å². The van der Waals surface area contributed by atoms with Gasteiger partial charge in [-0.2, -0.15) is 0 Å². The number of fused-ring (bicyclic) bond motifs is 2.